The van der Waals surface area contributed by atoms with Crippen LogP contribution in [0, 0.1) is 11.3 Å². The highest BCUT2D eigenvalue weighted by atomic mass is 16.5. The number of hydrogen-bond donors (Lipinski definition) is 1. The van der Waals surface area contributed by atoms with Gasteiger partial charge in [-0.05, 0) is 31.0 Å². The monoisotopic (exact) mass is 259 g/mol. The van der Waals surface area contributed by atoms with Crippen LogP contribution >= 0.6 is 0 Å². The maximum Gasteiger partial charge on any atom is 0.254 e. The van der Waals surface area contributed by atoms with Gasteiger partial charge in [0.05, 0.1) is 25.3 Å². The number of nitrogens with zero attached hydrogens (tertiary/aromatic N) is 2. The quantitative estimate of drug-likeness (QED) is 0.818. The lowest BCUT2D eigenvalue weighted by Crippen LogP contribution is -2.33. The van der Waals surface area contributed by atoms with E-state index < -0.39 is 0 Å². The minimum absolute atomic E-state index is 0.0629. The molecule has 0 spiro atoms. The number of nitrogen functional groups attached to an aromatic ring is 1. The summed E-state index contributed by atoms with van der Waals surface area (Å²) in [5, 5.41) is 8.66. The fourth-order valence-corrected chi connectivity index (χ4v) is 2.04. The Hall–Kier alpha value is -2.22. The fraction of sp³-hybridized carbons (Fsp3) is 0.429. The predicted molar refractivity (Wildman–Crippen MR) is 71.7 cm³/mol. The van der Waals surface area contributed by atoms with Gasteiger partial charge >= 0.3 is 0 Å². The number of nitrogens with two attached hydrogens (primary N) is 1. The summed E-state index contributed by atoms with van der Waals surface area (Å²) < 4.78 is 5.07. The Balaban J connectivity index is 2.17. The molecule has 0 saturated heterocycles. The molecule has 0 aliphatic heterocycles. The first-order chi connectivity index (χ1) is 9.17. The normalized spacial score (nSPS) is 13.7. The summed E-state index contributed by atoms with van der Waals surface area (Å²) in [5.74, 6) is 0.499. The molecule has 0 heterocycles. The summed E-state index contributed by atoms with van der Waals surface area (Å²) in [7, 11) is 1.54. The van der Waals surface area contributed by atoms with Crippen molar-refractivity contribution in [2.45, 2.75) is 25.3 Å². The van der Waals surface area contributed by atoms with E-state index in [1.165, 1.54) is 7.11 Å². The minimum atomic E-state index is -0.0629. The van der Waals surface area contributed by atoms with Gasteiger partial charge in [0.2, 0.25) is 0 Å². The molecule has 1 aromatic carbocycles. The molecule has 1 aromatic rings. The number of rotatable bonds is 5. The van der Waals surface area contributed by atoms with Crippen LogP contribution < -0.4 is 10.5 Å². The van der Waals surface area contributed by atoms with Crippen LogP contribution in [0.5, 0.6) is 5.75 Å². The Morgan fingerprint density at radius 2 is 2.32 bits per heavy atom. The van der Waals surface area contributed by atoms with Gasteiger partial charge in [-0.1, -0.05) is 0 Å². The van der Waals surface area contributed by atoms with E-state index in [1.54, 1.807) is 23.1 Å². The topological polar surface area (TPSA) is 79.3 Å². The predicted octanol–water partition coefficient (Wildman–Crippen LogP) is 1.80. The molecule has 1 amide bonds. The van der Waals surface area contributed by atoms with Crippen LogP contribution in [0.3, 0.4) is 0 Å². The van der Waals surface area contributed by atoms with E-state index in [9.17, 15) is 4.79 Å². The highest BCUT2D eigenvalue weighted by molar-refractivity contribution is 5.95. The van der Waals surface area contributed by atoms with Crippen molar-refractivity contribution in [3.05, 3.63) is 23.8 Å². The standard InChI is InChI=1S/C14H17N3O2/c1-19-13-6-3-10(9-12(13)16)14(18)17(8-2-7-15)11-4-5-11/h3,6,9,11H,2,4-5,8,16H2,1H3. The SMILES string of the molecule is COc1ccc(C(=O)N(CCC#N)C2CC2)cc1N. The van der Waals surface area contributed by atoms with Crippen molar-refractivity contribution in [3.8, 4) is 11.8 Å². The molecule has 2 rings (SSSR count). The Labute approximate surface area is 112 Å². The average molecular weight is 259 g/mol. The maximum absolute atomic E-state index is 12.4. The van der Waals surface area contributed by atoms with Crippen molar-refractivity contribution in [2.75, 3.05) is 19.4 Å². The lowest BCUT2D eigenvalue weighted by atomic mass is 10.1. The van der Waals surface area contributed by atoms with Crippen molar-refractivity contribution in [2.24, 2.45) is 0 Å². The van der Waals surface area contributed by atoms with Crippen LogP contribution in [0.4, 0.5) is 5.69 Å². The largest absolute Gasteiger partial charge is 0.495 e. The van der Waals surface area contributed by atoms with E-state index in [2.05, 4.69) is 6.07 Å². The Morgan fingerprint density at radius 1 is 1.58 bits per heavy atom. The molecular weight excluding hydrogens is 242 g/mol. The third kappa shape index (κ3) is 2.97. The van der Waals surface area contributed by atoms with Crippen molar-refractivity contribution in [1.82, 2.24) is 4.90 Å². The molecule has 0 bridgehead atoms. The number of nitriles is 1. The van der Waals surface area contributed by atoms with Gasteiger partial charge < -0.3 is 15.4 Å². The zero-order valence-corrected chi connectivity index (χ0v) is 10.9. The van der Waals surface area contributed by atoms with Crippen molar-refractivity contribution < 1.29 is 9.53 Å². The number of anilines is 1. The number of methoxy groups -OCH3 is 1. The molecule has 0 atom stereocenters. The van der Waals surface area contributed by atoms with Crippen LogP contribution in [-0.2, 0) is 0 Å². The van der Waals surface area contributed by atoms with E-state index in [-0.39, 0.29) is 11.9 Å². The van der Waals surface area contributed by atoms with Gasteiger partial charge in [0.15, 0.2) is 0 Å². The number of carbonyl (C=O) groups is 1. The van der Waals surface area contributed by atoms with E-state index in [0.717, 1.165) is 12.8 Å². The van der Waals surface area contributed by atoms with E-state index in [4.69, 9.17) is 15.7 Å². The van der Waals surface area contributed by atoms with E-state index in [1.807, 2.05) is 0 Å². The molecule has 1 aliphatic rings. The fourth-order valence-electron chi connectivity index (χ4n) is 2.04. The van der Waals surface area contributed by atoms with Crippen LogP contribution in [0.2, 0.25) is 0 Å². The van der Waals surface area contributed by atoms with Crippen molar-refractivity contribution >= 4 is 11.6 Å². The lowest BCUT2D eigenvalue weighted by molar-refractivity contribution is 0.0747. The van der Waals surface area contributed by atoms with Gasteiger partial charge in [-0.25, -0.2) is 0 Å². The number of hydrogen-bond acceptors (Lipinski definition) is 4. The van der Waals surface area contributed by atoms with Gasteiger partial charge in [-0.15, -0.1) is 0 Å². The third-order valence-corrected chi connectivity index (χ3v) is 3.19. The van der Waals surface area contributed by atoms with Gasteiger partial charge in [-0.2, -0.15) is 5.26 Å². The molecule has 0 radical (unpaired) electrons. The molecule has 0 unspecified atom stereocenters. The van der Waals surface area contributed by atoms with Crippen LogP contribution in [0.15, 0.2) is 18.2 Å². The second-order valence-electron chi connectivity index (χ2n) is 4.59. The third-order valence-electron chi connectivity index (χ3n) is 3.19. The number of benzene rings is 1. The minimum Gasteiger partial charge on any atom is -0.495 e. The second-order valence-corrected chi connectivity index (χ2v) is 4.59. The average Bonchev–Trinajstić information content (AvgIpc) is 3.23. The first-order valence-corrected chi connectivity index (χ1v) is 6.28. The molecule has 2 N–H and O–H groups in total. The molecule has 1 aliphatic carbocycles. The van der Waals surface area contributed by atoms with Gasteiger partial charge in [-0.3, -0.25) is 4.79 Å². The van der Waals surface area contributed by atoms with E-state index >= 15 is 0 Å². The summed E-state index contributed by atoms with van der Waals surface area (Å²) in [5.41, 5.74) is 6.81. The van der Waals surface area contributed by atoms with Crippen molar-refractivity contribution in [1.29, 1.82) is 5.26 Å². The summed E-state index contributed by atoms with van der Waals surface area (Å²) in [6, 6.07) is 7.39. The Morgan fingerprint density at radius 3 is 2.84 bits per heavy atom. The highest BCUT2D eigenvalue weighted by Crippen LogP contribution is 2.29. The van der Waals surface area contributed by atoms with Crippen LogP contribution in [-0.4, -0.2) is 30.5 Å². The molecule has 100 valence electrons. The summed E-state index contributed by atoms with van der Waals surface area (Å²) in [6.07, 6.45) is 2.39. The molecule has 5 nitrogen and oxygen atoms in total. The smallest absolute Gasteiger partial charge is 0.254 e. The number of carbonyl (C=O) groups excluding carboxylic acids is 1. The van der Waals surface area contributed by atoms with Gasteiger partial charge in [0.1, 0.15) is 5.75 Å². The number of amides is 1. The lowest BCUT2D eigenvalue weighted by Gasteiger charge is -2.21. The summed E-state index contributed by atoms with van der Waals surface area (Å²) in [4.78, 5) is 14.2. The van der Waals surface area contributed by atoms with Crippen LogP contribution in [0.25, 0.3) is 0 Å². The molecule has 0 aromatic heterocycles. The zero-order chi connectivity index (χ0) is 13.8. The summed E-state index contributed by atoms with van der Waals surface area (Å²) in [6.45, 7) is 0.478. The Bertz CT molecular complexity index is 518. The van der Waals surface area contributed by atoms with Crippen LogP contribution in [0.1, 0.15) is 29.6 Å². The van der Waals surface area contributed by atoms with E-state index in [0.29, 0.717) is 30.0 Å². The Kier molecular flexibility index (Phi) is 3.91. The maximum atomic E-state index is 12.4. The number of ether oxygens (including phenoxy) is 1. The van der Waals surface area contributed by atoms with Crippen molar-refractivity contribution in [3.63, 3.8) is 0 Å². The summed E-state index contributed by atoms with van der Waals surface area (Å²) >= 11 is 0. The van der Waals surface area contributed by atoms with Gasteiger partial charge in [0, 0.05) is 18.2 Å². The second kappa shape index (κ2) is 5.61. The molecule has 19 heavy (non-hydrogen) atoms. The molecular formula is C14H17N3O2. The highest BCUT2D eigenvalue weighted by Gasteiger charge is 2.32. The van der Waals surface area contributed by atoms with Gasteiger partial charge in [0.25, 0.3) is 5.91 Å². The molecule has 1 fully saturated rings. The molecule has 5 heteroatoms. The first-order valence-electron chi connectivity index (χ1n) is 6.28. The zero-order valence-electron chi connectivity index (χ0n) is 10.9. The first kappa shape index (κ1) is 13.2. The molecule has 1 saturated carbocycles.